The molecule has 0 aliphatic carbocycles. The van der Waals surface area contributed by atoms with Crippen LogP contribution in [0.25, 0.3) is 197 Å². The van der Waals surface area contributed by atoms with E-state index >= 15 is 0 Å². The molecule has 0 radical (unpaired) electrons. The maximum atomic E-state index is 6.27. The van der Waals surface area contributed by atoms with E-state index < -0.39 is 0 Å². The second-order valence-electron chi connectivity index (χ2n) is 23.9. The zero-order chi connectivity index (χ0) is 63.2. The van der Waals surface area contributed by atoms with Crippen molar-refractivity contribution in [2.75, 3.05) is 0 Å². The molecule has 11 heteroatoms. The quantitative estimate of drug-likeness (QED) is 0.145. The highest BCUT2D eigenvalue weighted by Crippen LogP contribution is 2.43. The Kier molecular flexibility index (Phi) is 12.9. The van der Waals surface area contributed by atoms with Crippen LogP contribution in [-0.4, -0.2) is 34.9 Å². The molecule has 10 nitrogen and oxygen atoms in total. The molecule has 448 valence electrons. The van der Waals surface area contributed by atoms with Crippen LogP contribution in [0.2, 0.25) is 0 Å². The summed E-state index contributed by atoms with van der Waals surface area (Å²) in [4.78, 5) is 33.9. The molecule has 0 unspecified atom stereocenters. The normalized spacial score (nSPS) is 11.8. The summed E-state index contributed by atoms with van der Waals surface area (Å²) in [5.41, 5.74) is 18.0. The summed E-state index contributed by atoms with van der Waals surface area (Å²) in [7, 11) is 0. The zero-order valence-electron chi connectivity index (χ0n) is 51.1. The van der Waals surface area contributed by atoms with Crippen molar-refractivity contribution in [2.45, 2.75) is 0 Å². The van der Waals surface area contributed by atoms with Crippen molar-refractivity contribution in [3.8, 4) is 89.9 Å². The van der Waals surface area contributed by atoms with Gasteiger partial charge in [-0.3, -0.25) is 4.98 Å². The SMILES string of the molecule is c1ccc2c(c1)oc1c(-c3ccc(-c4cccc5c(-c6cnc(-c7cccc8c7oc7ccccc78)nc6)cccc45)cn3)cccc12.c1ccc2c(c1)oc1c(-c3ncc(-c4cccc5c(-c6cnc(-c7cccc8c7sc7ccccc78)nc6)cccc45)cn3)cccc12. The minimum atomic E-state index is 0.632. The van der Waals surface area contributed by atoms with Gasteiger partial charge in [-0.25, -0.2) is 29.9 Å². The molecule has 0 fully saturated rings. The Bertz CT molecular complexity index is 5670. The summed E-state index contributed by atoms with van der Waals surface area (Å²) in [5, 5.41) is 13.5. The number of nitrogens with zero attached hydrogens (tertiary/aromatic N) is 7. The van der Waals surface area contributed by atoms with Crippen LogP contribution >= 0.6 is 11.3 Å². The first-order valence-corrected chi connectivity index (χ1v) is 32.5. The van der Waals surface area contributed by atoms with Crippen LogP contribution in [0.3, 0.4) is 0 Å². The fourth-order valence-electron chi connectivity index (χ4n) is 13.9. The fraction of sp³-hybridized carbons (Fsp3) is 0. The molecule has 12 aromatic carbocycles. The third-order valence-electron chi connectivity index (χ3n) is 18.4. The monoisotopic (exact) mass is 1250 g/mol. The topological polar surface area (TPSA) is 130 Å². The van der Waals surface area contributed by atoms with E-state index in [4.69, 9.17) is 48.1 Å². The van der Waals surface area contributed by atoms with Gasteiger partial charge in [0.05, 0.1) is 16.8 Å². The van der Waals surface area contributed by atoms with Gasteiger partial charge in [-0.15, -0.1) is 11.3 Å². The molecule has 0 aliphatic rings. The van der Waals surface area contributed by atoms with Crippen molar-refractivity contribution in [1.82, 2.24) is 34.9 Å². The highest BCUT2D eigenvalue weighted by atomic mass is 32.1. The van der Waals surface area contributed by atoms with Crippen LogP contribution in [0.5, 0.6) is 0 Å². The van der Waals surface area contributed by atoms with Gasteiger partial charge >= 0.3 is 0 Å². The average molecular weight is 1250 g/mol. The Labute approximate surface area is 551 Å². The molecule has 0 aliphatic heterocycles. The first-order valence-electron chi connectivity index (χ1n) is 31.7. The smallest absolute Gasteiger partial charge is 0.162 e. The number of para-hydroxylation sites is 6. The van der Waals surface area contributed by atoms with Crippen LogP contribution < -0.4 is 0 Å². The van der Waals surface area contributed by atoms with Crippen LogP contribution in [0.4, 0.5) is 0 Å². The number of pyridine rings is 1. The lowest BCUT2D eigenvalue weighted by atomic mass is 9.94. The van der Waals surface area contributed by atoms with E-state index in [-0.39, 0.29) is 0 Å². The number of rotatable bonds is 8. The van der Waals surface area contributed by atoms with Gasteiger partial charge in [-0.05, 0) is 98.4 Å². The number of fused-ring (bicyclic) bond motifs is 14. The van der Waals surface area contributed by atoms with Crippen molar-refractivity contribution >= 4 is 119 Å². The van der Waals surface area contributed by atoms with Crippen molar-refractivity contribution in [2.24, 2.45) is 0 Å². The highest BCUT2D eigenvalue weighted by molar-refractivity contribution is 7.26. The molecular weight excluding hydrogens is 1200 g/mol. The average Bonchev–Trinajstić information content (AvgIpc) is 1.39. The number of benzene rings is 12. The van der Waals surface area contributed by atoms with Crippen LogP contribution in [0.1, 0.15) is 0 Å². The predicted molar refractivity (Wildman–Crippen MR) is 391 cm³/mol. The van der Waals surface area contributed by atoms with E-state index in [1.807, 2.05) is 122 Å². The lowest BCUT2D eigenvalue weighted by molar-refractivity contribution is 0.669. The predicted octanol–water partition coefficient (Wildman–Crippen LogP) is 22.8. The minimum Gasteiger partial charge on any atom is -0.455 e. The van der Waals surface area contributed by atoms with Gasteiger partial charge in [-0.2, -0.15) is 0 Å². The minimum absolute atomic E-state index is 0.632. The summed E-state index contributed by atoms with van der Waals surface area (Å²) in [6.45, 7) is 0. The maximum absolute atomic E-state index is 6.27. The van der Waals surface area contributed by atoms with E-state index in [1.165, 1.54) is 20.2 Å². The number of aromatic nitrogens is 7. The van der Waals surface area contributed by atoms with Gasteiger partial charge in [0.1, 0.15) is 33.5 Å². The molecule has 0 bridgehead atoms. The van der Waals surface area contributed by atoms with Gasteiger partial charge in [0, 0.05) is 129 Å². The first kappa shape index (κ1) is 54.9. The molecule has 20 aromatic rings. The van der Waals surface area contributed by atoms with Crippen molar-refractivity contribution < 1.29 is 13.3 Å². The largest absolute Gasteiger partial charge is 0.455 e. The summed E-state index contributed by atoms with van der Waals surface area (Å²) < 4.78 is 21.2. The van der Waals surface area contributed by atoms with Crippen molar-refractivity contribution in [3.63, 3.8) is 0 Å². The van der Waals surface area contributed by atoms with E-state index in [2.05, 4.69) is 176 Å². The third kappa shape index (κ3) is 9.12. The van der Waals surface area contributed by atoms with E-state index in [1.54, 1.807) is 11.3 Å². The summed E-state index contributed by atoms with van der Waals surface area (Å²) >= 11 is 1.79. The molecule has 0 spiro atoms. The number of furan rings is 3. The van der Waals surface area contributed by atoms with Gasteiger partial charge in [-0.1, -0.05) is 200 Å². The Morgan fingerprint density at radius 3 is 0.948 bits per heavy atom. The highest BCUT2D eigenvalue weighted by Gasteiger charge is 2.20. The summed E-state index contributed by atoms with van der Waals surface area (Å²) in [6, 6.07) is 87.5. The molecule has 8 heterocycles. The molecule has 20 rings (SSSR count). The third-order valence-corrected chi connectivity index (χ3v) is 19.6. The van der Waals surface area contributed by atoms with Crippen molar-refractivity contribution in [1.29, 1.82) is 0 Å². The number of hydrogen-bond donors (Lipinski definition) is 0. The summed E-state index contributed by atoms with van der Waals surface area (Å²) in [5.74, 6) is 1.99. The summed E-state index contributed by atoms with van der Waals surface area (Å²) in [6.07, 6.45) is 13.4. The number of thiophene rings is 1. The lowest BCUT2D eigenvalue weighted by Crippen LogP contribution is -1.92. The van der Waals surface area contributed by atoms with Crippen molar-refractivity contribution in [3.05, 3.63) is 298 Å². The van der Waals surface area contributed by atoms with Crippen LogP contribution in [-0.2, 0) is 0 Å². The molecular formula is C85H49N7O3S. The molecule has 0 N–H and O–H groups in total. The maximum Gasteiger partial charge on any atom is 0.162 e. The molecule has 8 aromatic heterocycles. The molecule has 0 saturated carbocycles. The van der Waals surface area contributed by atoms with Crippen LogP contribution in [0, 0.1) is 0 Å². The second-order valence-corrected chi connectivity index (χ2v) is 24.9. The Morgan fingerprint density at radius 2 is 0.521 bits per heavy atom. The van der Waals surface area contributed by atoms with E-state index in [0.29, 0.717) is 11.6 Å². The zero-order valence-corrected chi connectivity index (χ0v) is 51.9. The lowest BCUT2D eigenvalue weighted by Gasteiger charge is -2.12. The van der Waals surface area contributed by atoms with Gasteiger partial charge in [0.15, 0.2) is 17.5 Å². The molecule has 0 atom stereocenters. The van der Waals surface area contributed by atoms with Crippen LogP contribution in [0.15, 0.2) is 311 Å². The fourth-order valence-corrected chi connectivity index (χ4v) is 15.1. The van der Waals surface area contributed by atoms with E-state index in [9.17, 15) is 0 Å². The van der Waals surface area contributed by atoms with Gasteiger partial charge in [0.2, 0.25) is 0 Å². The van der Waals surface area contributed by atoms with E-state index in [0.717, 1.165) is 166 Å². The molecule has 96 heavy (non-hydrogen) atoms. The molecule has 0 amide bonds. The number of hydrogen-bond acceptors (Lipinski definition) is 11. The Hall–Kier alpha value is -12.8. The van der Waals surface area contributed by atoms with Gasteiger partial charge < -0.3 is 13.3 Å². The second kappa shape index (κ2) is 22.5. The standard InChI is InChI=1S/C43H25N3O2.C42H24N4OS/c1-3-19-39-32(9-1)34-15-7-17-36(41(34)47-39)38-22-21-26(23-44-38)28-11-5-14-31-29(12-6-13-30(28)31)27-24-45-43(46-25-27)37-18-8-16-35-33-10-2-4-20-40(33)48-42(35)37;1-3-19-37-31(9-1)33-15-7-17-35(39(33)47-37)41-43-21-25(22-44-41)27-11-5-14-30-28(12-6-13-29(27)30)26-23-45-42(46-24-26)36-18-8-16-34-32-10-2-4-20-38(32)48-40(34)36/h1-25H;1-24H. The Balaban J connectivity index is 0.000000135. The Morgan fingerprint density at radius 1 is 0.208 bits per heavy atom. The van der Waals surface area contributed by atoms with Gasteiger partial charge in [0.25, 0.3) is 0 Å². The first-order chi connectivity index (χ1) is 47.6. The molecule has 0 saturated heterocycles.